The molecule has 1 aliphatic rings. The molecule has 0 aliphatic carbocycles. The van der Waals surface area contributed by atoms with E-state index in [1.807, 2.05) is 41.5 Å². The van der Waals surface area contributed by atoms with Crippen LogP contribution in [0.25, 0.3) is 0 Å². The minimum absolute atomic E-state index is 0.0850. The van der Waals surface area contributed by atoms with Crippen LogP contribution in [0.15, 0.2) is 0 Å². The summed E-state index contributed by atoms with van der Waals surface area (Å²) in [5, 5.41) is 5.58. The monoisotopic (exact) mass is 487 g/mol. The summed E-state index contributed by atoms with van der Waals surface area (Å²) in [5.41, 5.74) is 0. The van der Waals surface area contributed by atoms with Crippen molar-refractivity contribution in [2.45, 2.75) is 92.9 Å². The van der Waals surface area contributed by atoms with E-state index in [0.717, 1.165) is 32.4 Å². The predicted octanol–water partition coefficient (Wildman–Crippen LogP) is 3.76. The zero-order valence-electron chi connectivity index (χ0n) is 23.3. The molecule has 1 aliphatic heterocycles. The Balaban J connectivity index is -0.000000507. The molecule has 1 fully saturated rings. The van der Waals surface area contributed by atoms with Crippen molar-refractivity contribution in [1.82, 2.24) is 15.5 Å². The zero-order chi connectivity index (χ0) is 26.8. The number of nitrogens with one attached hydrogen (secondary N) is 2. The molecule has 0 aromatic carbocycles. The lowest BCUT2D eigenvalue weighted by Crippen LogP contribution is -2.39. The molecular weight excluding hydrogens is 434 g/mol. The Morgan fingerprint density at radius 2 is 1.26 bits per heavy atom. The number of hydrogen-bond acceptors (Lipinski definition) is 6. The van der Waals surface area contributed by atoms with E-state index in [4.69, 9.17) is 0 Å². The molecule has 2 N–H and O–H groups in total. The van der Waals surface area contributed by atoms with Crippen LogP contribution in [0.5, 0.6) is 0 Å². The third kappa shape index (κ3) is 23.4. The van der Waals surface area contributed by atoms with Gasteiger partial charge in [0.25, 0.3) is 0 Å². The van der Waals surface area contributed by atoms with E-state index in [9.17, 15) is 19.2 Å². The fourth-order valence-electron chi connectivity index (χ4n) is 2.96. The summed E-state index contributed by atoms with van der Waals surface area (Å²) in [6.07, 6.45) is 5.70. The molecule has 0 aromatic heterocycles. The second-order valence-corrected chi connectivity index (χ2v) is 7.64. The van der Waals surface area contributed by atoms with Crippen LogP contribution in [-0.4, -0.2) is 75.2 Å². The minimum Gasteiger partial charge on any atom is -0.375 e. The number of Topliss-reactive ketones (excluding diaryl/α,β-unsaturated/α-hetero) is 2. The fraction of sp³-hybridized carbons (Fsp3) is 0.846. The van der Waals surface area contributed by atoms with Crippen LogP contribution < -0.4 is 10.6 Å². The highest BCUT2D eigenvalue weighted by molar-refractivity contribution is 5.80. The minimum atomic E-state index is -0.133. The lowest BCUT2D eigenvalue weighted by molar-refractivity contribution is -0.126. The molecule has 0 spiro atoms. The second kappa shape index (κ2) is 27.4. The molecule has 8 nitrogen and oxygen atoms in total. The van der Waals surface area contributed by atoms with E-state index in [0.29, 0.717) is 45.2 Å². The highest BCUT2D eigenvalue weighted by Crippen LogP contribution is 2.15. The van der Waals surface area contributed by atoms with Gasteiger partial charge in [0, 0.05) is 51.8 Å². The van der Waals surface area contributed by atoms with Gasteiger partial charge in [-0.3, -0.25) is 19.2 Å². The van der Waals surface area contributed by atoms with Crippen LogP contribution in [0.4, 0.5) is 0 Å². The van der Waals surface area contributed by atoms with Crippen LogP contribution in [0.2, 0.25) is 0 Å². The van der Waals surface area contributed by atoms with Crippen molar-refractivity contribution in [3.05, 3.63) is 0 Å². The average Bonchev–Trinajstić information content (AvgIpc) is 2.87. The molecule has 1 heterocycles. The normalized spacial score (nSPS) is 13.1. The van der Waals surface area contributed by atoms with Crippen molar-refractivity contribution in [1.29, 1.82) is 0 Å². The summed E-state index contributed by atoms with van der Waals surface area (Å²) in [6.45, 7) is 15.0. The Hall–Kier alpha value is -1.80. The van der Waals surface area contributed by atoms with Gasteiger partial charge in [-0.2, -0.15) is 0 Å². The van der Waals surface area contributed by atoms with Crippen molar-refractivity contribution in [3.8, 4) is 0 Å². The van der Waals surface area contributed by atoms with Crippen LogP contribution in [0, 0.1) is 5.92 Å². The number of likely N-dealkylation sites (tertiary alicyclic amines) is 1. The first-order valence-electron chi connectivity index (χ1n) is 13.1. The number of methoxy groups -OCH3 is 1. The van der Waals surface area contributed by atoms with Crippen molar-refractivity contribution >= 4 is 23.4 Å². The van der Waals surface area contributed by atoms with Gasteiger partial charge in [-0.25, -0.2) is 0 Å². The Morgan fingerprint density at radius 1 is 0.824 bits per heavy atom. The van der Waals surface area contributed by atoms with E-state index < -0.39 is 0 Å². The lowest BCUT2D eigenvalue weighted by Gasteiger charge is -2.28. The molecule has 202 valence electrons. The third-order valence-electron chi connectivity index (χ3n) is 5.04. The summed E-state index contributed by atoms with van der Waals surface area (Å²) in [6, 6.07) is 0. The van der Waals surface area contributed by atoms with Gasteiger partial charge in [-0.1, -0.05) is 41.5 Å². The average molecular weight is 488 g/mol. The highest BCUT2D eigenvalue weighted by Gasteiger charge is 2.22. The standard InChI is InChI=1S/C13H24N2O2.C9H17NO3.2C2H6/c1-3-12(16)5-4-8-14-13(17)11-6-9-15(2)10-7-11;1-3-8(11)5-4-6-10-9(12)7-13-2;2*1-2/h11H,3-10H2,1-2H3,(H,14,17);3-7H2,1-2H3,(H,10,12);2*1-2H3. The number of hydrogen-bond donors (Lipinski definition) is 2. The van der Waals surface area contributed by atoms with Crippen LogP contribution in [0.1, 0.15) is 92.9 Å². The SMILES string of the molecule is CC.CC.CCC(=O)CCCNC(=O)C1CCN(C)CC1.CCC(=O)CCCNC(=O)COC. The van der Waals surface area contributed by atoms with Crippen LogP contribution in [0.3, 0.4) is 0 Å². The van der Waals surface area contributed by atoms with Crippen LogP contribution >= 0.6 is 0 Å². The number of amides is 2. The molecule has 1 rings (SSSR count). The number of rotatable bonds is 13. The molecule has 2 amide bonds. The van der Waals surface area contributed by atoms with E-state index in [1.54, 1.807) is 0 Å². The molecule has 0 unspecified atom stereocenters. The van der Waals surface area contributed by atoms with Crippen molar-refractivity contribution in [3.63, 3.8) is 0 Å². The van der Waals surface area contributed by atoms with E-state index >= 15 is 0 Å². The summed E-state index contributed by atoms with van der Waals surface area (Å²) >= 11 is 0. The maximum absolute atomic E-state index is 11.8. The van der Waals surface area contributed by atoms with Gasteiger partial charge in [-0.15, -0.1) is 0 Å². The first kappa shape index (κ1) is 36.8. The molecule has 1 saturated heterocycles. The molecule has 34 heavy (non-hydrogen) atoms. The van der Waals surface area contributed by atoms with Gasteiger partial charge < -0.3 is 20.3 Å². The van der Waals surface area contributed by atoms with Gasteiger partial charge in [0.2, 0.25) is 11.8 Å². The molecule has 0 bridgehead atoms. The molecule has 0 aromatic rings. The molecule has 0 radical (unpaired) electrons. The van der Waals surface area contributed by atoms with Gasteiger partial charge in [0.05, 0.1) is 0 Å². The summed E-state index contributed by atoms with van der Waals surface area (Å²) in [5.74, 6) is 0.723. The quantitative estimate of drug-likeness (QED) is 0.383. The zero-order valence-corrected chi connectivity index (χ0v) is 23.3. The van der Waals surface area contributed by atoms with Gasteiger partial charge in [-0.05, 0) is 45.8 Å². The highest BCUT2D eigenvalue weighted by atomic mass is 16.5. The van der Waals surface area contributed by atoms with Crippen molar-refractivity contribution < 1.29 is 23.9 Å². The molecule has 0 atom stereocenters. The topological polar surface area (TPSA) is 105 Å². The Morgan fingerprint density at radius 3 is 1.68 bits per heavy atom. The maximum Gasteiger partial charge on any atom is 0.245 e. The molecule has 8 heteroatoms. The Kier molecular flexibility index (Phi) is 29.7. The molecular formula is C26H53N3O5. The van der Waals surface area contributed by atoms with Crippen molar-refractivity contribution in [2.75, 3.05) is 46.9 Å². The second-order valence-electron chi connectivity index (χ2n) is 7.64. The van der Waals surface area contributed by atoms with E-state index in [-0.39, 0.29) is 35.9 Å². The smallest absolute Gasteiger partial charge is 0.245 e. The van der Waals surface area contributed by atoms with E-state index in [2.05, 4.69) is 27.3 Å². The third-order valence-corrected chi connectivity index (χ3v) is 5.04. The summed E-state index contributed by atoms with van der Waals surface area (Å²) < 4.78 is 4.62. The van der Waals surface area contributed by atoms with Gasteiger partial charge in [0.1, 0.15) is 18.2 Å². The predicted molar refractivity (Wildman–Crippen MR) is 140 cm³/mol. The van der Waals surface area contributed by atoms with Crippen molar-refractivity contribution in [2.24, 2.45) is 5.92 Å². The number of ether oxygens (including phenoxy) is 1. The summed E-state index contributed by atoms with van der Waals surface area (Å²) in [7, 11) is 3.56. The first-order chi connectivity index (χ1) is 16.3. The first-order valence-corrected chi connectivity index (χ1v) is 13.1. The number of nitrogens with zero attached hydrogens (tertiary/aromatic N) is 1. The molecule has 0 saturated carbocycles. The van der Waals surface area contributed by atoms with Gasteiger partial charge in [0.15, 0.2) is 0 Å². The Bertz CT molecular complexity index is 519. The Labute approximate surface area is 208 Å². The largest absolute Gasteiger partial charge is 0.375 e. The number of piperidine rings is 1. The number of carbonyl (C=O) groups is 4. The van der Waals surface area contributed by atoms with E-state index in [1.165, 1.54) is 7.11 Å². The van der Waals surface area contributed by atoms with Crippen LogP contribution in [-0.2, 0) is 23.9 Å². The fourth-order valence-corrected chi connectivity index (χ4v) is 2.96. The number of ketones is 2. The lowest BCUT2D eigenvalue weighted by atomic mass is 9.96. The summed E-state index contributed by atoms with van der Waals surface area (Å²) in [4.78, 5) is 46.8. The number of carbonyl (C=O) groups excluding carboxylic acids is 4. The van der Waals surface area contributed by atoms with Gasteiger partial charge >= 0.3 is 0 Å². The maximum atomic E-state index is 11.8.